The average Bonchev–Trinajstić information content (AvgIpc) is 2.50. The highest BCUT2D eigenvalue weighted by molar-refractivity contribution is 8.14. The van der Waals surface area contributed by atoms with E-state index in [0.29, 0.717) is 10.00 Å². The molecule has 1 atom stereocenters. The number of nitrogens with zero attached hydrogens (tertiary/aromatic N) is 1. The molecule has 1 aliphatic heterocycles. The Bertz CT molecular complexity index is 231. The number of rotatable bonds is 3. The largest absolute Gasteiger partial charge is 0.364 e. The van der Waals surface area contributed by atoms with Crippen LogP contribution in [0.4, 0.5) is 0 Å². The molecule has 1 heterocycles. The van der Waals surface area contributed by atoms with Crippen LogP contribution in [0.3, 0.4) is 0 Å². The molecule has 0 amide bonds. The number of aliphatic imine (C=N–C) groups is 1. The van der Waals surface area contributed by atoms with Gasteiger partial charge in [-0.25, -0.2) is 0 Å². The predicted molar refractivity (Wildman–Crippen MR) is 67.5 cm³/mol. The van der Waals surface area contributed by atoms with Crippen molar-refractivity contribution in [1.82, 2.24) is 5.32 Å². The van der Waals surface area contributed by atoms with Crippen LogP contribution in [0.25, 0.3) is 0 Å². The van der Waals surface area contributed by atoms with Crippen LogP contribution in [0.2, 0.25) is 0 Å². The summed E-state index contributed by atoms with van der Waals surface area (Å²) in [5.74, 6) is 0. The molecule has 0 aromatic carbocycles. The average molecular weight is 230 g/mol. The first-order chi connectivity index (χ1) is 6.74. The molecule has 1 N–H and O–H groups in total. The van der Waals surface area contributed by atoms with Crippen molar-refractivity contribution in [3.8, 4) is 0 Å². The maximum Gasteiger partial charge on any atom is 0.156 e. The summed E-state index contributed by atoms with van der Waals surface area (Å²) in [4.78, 5) is 4.47. The van der Waals surface area contributed by atoms with Crippen LogP contribution in [-0.4, -0.2) is 34.5 Å². The highest BCUT2D eigenvalue weighted by Gasteiger charge is 2.36. The summed E-state index contributed by atoms with van der Waals surface area (Å²) >= 11 is 3.90. The number of thioether (sulfide) groups is 2. The van der Waals surface area contributed by atoms with Crippen molar-refractivity contribution in [2.24, 2.45) is 4.99 Å². The van der Waals surface area contributed by atoms with Gasteiger partial charge in [0.2, 0.25) is 0 Å². The fraction of sp³-hybridized carbons (Fsp3) is 0.900. The summed E-state index contributed by atoms with van der Waals surface area (Å²) in [6.07, 6.45) is 6.37. The zero-order valence-electron chi connectivity index (χ0n) is 8.88. The van der Waals surface area contributed by atoms with E-state index in [-0.39, 0.29) is 0 Å². The van der Waals surface area contributed by atoms with E-state index in [2.05, 4.69) is 23.5 Å². The lowest BCUT2D eigenvalue weighted by molar-refractivity contribution is 0.362. The normalized spacial score (nSPS) is 29.6. The molecule has 0 bridgehead atoms. The minimum absolute atomic E-state index is 0.523. The standard InChI is InChI=1S/C10H18N2S2/c1-8-6-11-9(14-8)12-7-10(13-2)4-3-5-10/h8H,3-7H2,1-2H3,(H,11,12). The van der Waals surface area contributed by atoms with E-state index in [9.17, 15) is 0 Å². The van der Waals surface area contributed by atoms with Crippen molar-refractivity contribution in [2.75, 3.05) is 19.3 Å². The van der Waals surface area contributed by atoms with Crippen LogP contribution in [-0.2, 0) is 0 Å². The Hall–Kier alpha value is 0.170. The van der Waals surface area contributed by atoms with Gasteiger partial charge >= 0.3 is 0 Å². The Morgan fingerprint density at radius 1 is 1.64 bits per heavy atom. The number of hydrogen-bond donors (Lipinski definition) is 1. The second-order valence-electron chi connectivity index (χ2n) is 4.17. The van der Waals surface area contributed by atoms with E-state index in [1.54, 1.807) is 0 Å². The Morgan fingerprint density at radius 3 is 2.86 bits per heavy atom. The third kappa shape index (κ3) is 2.22. The minimum atomic E-state index is 0.523. The molecule has 14 heavy (non-hydrogen) atoms. The van der Waals surface area contributed by atoms with Gasteiger partial charge in [0.25, 0.3) is 0 Å². The molecule has 0 aromatic rings. The first-order valence-corrected chi connectivity index (χ1v) is 7.35. The first-order valence-electron chi connectivity index (χ1n) is 5.24. The van der Waals surface area contributed by atoms with E-state index in [0.717, 1.165) is 18.3 Å². The van der Waals surface area contributed by atoms with Crippen molar-refractivity contribution in [2.45, 2.75) is 36.2 Å². The van der Waals surface area contributed by atoms with E-state index in [1.807, 2.05) is 23.5 Å². The molecule has 1 saturated carbocycles. The number of nitrogens with one attached hydrogen (secondary N) is 1. The van der Waals surface area contributed by atoms with Gasteiger partial charge in [-0.1, -0.05) is 25.1 Å². The molecule has 1 unspecified atom stereocenters. The van der Waals surface area contributed by atoms with Gasteiger partial charge in [-0.15, -0.1) is 0 Å². The zero-order valence-corrected chi connectivity index (χ0v) is 10.5. The Morgan fingerprint density at radius 2 is 2.43 bits per heavy atom. The van der Waals surface area contributed by atoms with Crippen LogP contribution < -0.4 is 5.32 Å². The van der Waals surface area contributed by atoms with Crippen LogP contribution in [0, 0.1) is 0 Å². The second-order valence-corrected chi connectivity index (χ2v) is 6.87. The molecule has 4 heteroatoms. The fourth-order valence-corrected chi connectivity index (χ4v) is 3.58. The second kappa shape index (κ2) is 4.35. The summed E-state index contributed by atoms with van der Waals surface area (Å²) < 4.78 is 0.523. The van der Waals surface area contributed by atoms with Crippen LogP contribution in [0.5, 0.6) is 0 Å². The Balaban J connectivity index is 1.76. The van der Waals surface area contributed by atoms with Crippen LogP contribution in [0.15, 0.2) is 4.99 Å². The SMILES string of the molecule is CSC1(CNC2=NCC(C)S2)CCC1. The highest BCUT2D eigenvalue weighted by atomic mass is 32.2. The zero-order chi connectivity index (χ0) is 10.0. The Kier molecular flexibility index (Phi) is 3.32. The predicted octanol–water partition coefficient (Wildman–Crippen LogP) is 2.35. The fourth-order valence-electron chi connectivity index (χ4n) is 1.84. The van der Waals surface area contributed by atoms with E-state index in [4.69, 9.17) is 0 Å². The monoisotopic (exact) mass is 230 g/mol. The molecule has 80 valence electrons. The van der Waals surface area contributed by atoms with Crippen LogP contribution in [0.1, 0.15) is 26.2 Å². The highest BCUT2D eigenvalue weighted by Crippen LogP contribution is 2.42. The van der Waals surface area contributed by atoms with Gasteiger partial charge in [-0.3, -0.25) is 4.99 Å². The molecular formula is C10H18N2S2. The molecule has 0 aromatic heterocycles. The molecule has 0 radical (unpaired) electrons. The van der Waals surface area contributed by atoms with Gasteiger partial charge < -0.3 is 5.32 Å². The Labute approximate surface area is 94.7 Å². The summed E-state index contributed by atoms with van der Waals surface area (Å²) in [6.45, 7) is 4.32. The third-order valence-corrected chi connectivity index (χ3v) is 5.53. The lowest BCUT2D eigenvalue weighted by Crippen LogP contribution is -2.44. The quantitative estimate of drug-likeness (QED) is 0.805. The van der Waals surface area contributed by atoms with E-state index in [1.165, 1.54) is 19.3 Å². The topological polar surface area (TPSA) is 24.4 Å². The summed E-state index contributed by atoms with van der Waals surface area (Å²) in [7, 11) is 0. The summed E-state index contributed by atoms with van der Waals surface area (Å²) in [5.41, 5.74) is 0. The van der Waals surface area contributed by atoms with Crippen molar-refractivity contribution >= 4 is 28.7 Å². The molecule has 0 saturated heterocycles. The molecule has 2 aliphatic rings. The van der Waals surface area contributed by atoms with Crippen molar-refractivity contribution in [1.29, 1.82) is 0 Å². The first kappa shape index (κ1) is 10.7. The minimum Gasteiger partial charge on any atom is -0.364 e. The smallest absolute Gasteiger partial charge is 0.156 e. The lowest BCUT2D eigenvalue weighted by atomic mass is 9.84. The third-order valence-electron chi connectivity index (χ3n) is 3.06. The summed E-state index contributed by atoms with van der Waals surface area (Å²) in [5, 5.41) is 5.33. The van der Waals surface area contributed by atoms with Crippen molar-refractivity contribution in [3.05, 3.63) is 0 Å². The van der Waals surface area contributed by atoms with Gasteiger partial charge in [-0.05, 0) is 19.1 Å². The van der Waals surface area contributed by atoms with Gasteiger partial charge in [-0.2, -0.15) is 11.8 Å². The molecule has 1 aliphatic carbocycles. The molecule has 1 fully saturated rings. The van der Waals surface area contributed by atoms with Crippen LogP contribution >= 0.6 is 23.5 Å². The number of amidine groups is 1. The number of hydrogen-bond acceptors (Lipinski definition) is 4. The van der Waals surface area contributed by atoms with E-state index < -0.39 is 0 Å². The van der Waals surface area contributed by atoms with Gasteiger partial charge in [0, 0.05) is 16.5 Å². The lowest BCUT2D eigenvalue weighted by Gasteiger charge is -2.40. The molecule has 2 rings (SSSR count). The van der Waals surface area contributed by atoms with E-state index >= 15 is 0 Å². The molecule has 2 nitrogen and oxygen atoms in total. The van der Waals surface area contributed by atoms with Gasteiger partial charge in [0.1, 0.15) is 0 Å². The van der Waals surface area contributed by atoms with Crippen molar-refractivity contribution < 1.29 is 0 Å². The molecule has 0 spiro atoms. The maximum atomic E-state index is 4.47. The van der Waals surface area contributed by atoms with Crippen molar-refractivity contribution in [3.63, 3.8) is 0 Å². The molecular weight excluding hydrogens is 212 g/mol. The summed E-state index contributed by atoms with van der Waals surface area (Å²) in [6, 6.07) is 0. The van der Waals surface area contributed by atoms with Gasteiger partial charge in [0.05, 0.1) is 6.54 Å². The maximum absolute atomic E-state index is 4.47. The van der Waals surface area contributed by atoms with Gasteiger partial charge in [0.15, 0.2) is 5.17 Å².